The van der Waals surface area contributed by atoms with E-state index in [0.717, 1.165) is 32.1 Å². The number of amides is 2. The van der Waals surface area contributed by atoms with Crippen LogP contribution >= 0.6 is 0 Å². The molecule has 0 spiro atoms. The summed E-state index contributed by atoms with van der Waals surface area (Å²) >= 11 is 0. The van der Waals surface area contributed by atoms with Gasteiger partial charge in [-0.25, -0.2) is 9.97 Å². The van der Waals surface area contributed by atoms with Crippen molar-refractivity contribution in [2.45, 2.75) is 77.3 Å². The van der Waals surface area contributed by atoms with Crippen LogP contribution < -0.4 is 10.6 Å². The number of carbonyl (C=O) groups is 4. The zero-order valence-electron chi connectivity index (χ0n) is 23.9. The molecule has 42 heavy (non-hydrogen) atoms. The third kappa shape index (κ3) is 6.42. The van der Waals surface area contributed by atoms with Crippen molar-refractivity contribution in [1.29, 1.82) is 0 Å². The first-order valence-corrected chi connectivity index (χ1v) is 14.8. The van der Waals surface area contributed by atoms with E-state index in [2.05, 4.69) is 20.6 Å². The van der Waals surface area contributed by atoms with Crippen LogP contribution in [0.25, 0.3) is 22.2 Å². The van der Waals surface area contributed by atoms with Gasteiger partial charge in [0.2, 0.25) is 23.4 Å². The maximum atomic E-state index is 13.7. The lowest BCUT2D eigenvalue weighted by Gasteiger charge is -2.27. The number of aromatic nitrogens is 2. The zero-order valence-corrected chi connectivity index (χ0v) is 23.9. The Morgan fingerprint density at radius 3 is 1.62 bits per heavy atom. The van der Waals surface area contributed by atoms with Crippen LogP contribution in [0.1, 0.15) is 86.6 Å². The molecule has 0 radical (unpaired) electrons. The molecule has 1 aliphatic carbocycles. The third-order valence-corrected chi connectivity index (χ3v) is 8.02. The van der Waals surface area contributed by atoms with Crippen LogP contribution in [0.2, 0.25) is 0 Å². The molecule has 2 unspecified atom stereocenters. The molecule has 2 aromatic carbocycles. The van der Waals surface area contributed by atoms with E-state index in [-0.39, 0.29) is 30.5 Å². The monoisotopic (exact) mass is 572 g/mol. The first-order valence-electron chi connectivity index (χ1n) is 14.8. The predicted octanol–water partition coefficient (Wildman–Crippen LogP) is 5.41. The number of Topliss-reactive ketones (excluding diaryl/α,β-unsaturated/α-hetero) is 2. The molecule has 0 aliphatic heterocycles. The van der Waals surface area contributed by atoms with Crippen molar-refractivity contribution in [3.05, 3.63) is 60.3 Å². The van der Waals surface area contributed by atoms with Crippen molar-refractivity contribution in [1.82, 2.24) is 20.6 Å². The summed E-state index contributed by atoms with van der Waals surface area (Å²) in [7, 11) is 0. The second-order valence-corrected chi connectivity index (χ2v) is 10.9. The average molecular weight is 573 g/mol. The Bertz CT molecular complexity index is 1410. The highest BCUT2D eigenvalue weighted by Crippen LogP contribution is 2.30. The summed E-state index contributed by atoms with van der Waals surface area (Å²) in [6.07, 6.45) is 5.98. The van der Waals surface area contributed by atoms with Crippen molar-refractivity contribution in [2.24, 2.45) is 11.8 Å². The highest BCUT2D eigenvalue weighted by atomic mass is 16.4. The van der Waals surface area contributed by atoms with Crippen molar-refractivity contribution in [3.63, 3.8) is 0 Å². The van der Waals surface area contributed by atoms with E-state index in [1.54, 1.807) is 62.4 Å². The molecule has 0 saturated heterocycles. The van der Waals surface area contributed by atoms with Gasteiger partial charge in [0.05, 0.1) is 12.1 Å². The number of nitrogens with zero attached hydrogens (tertiary/aromatic N) is 2. The Balaban J connectivity index is 1.33. The quantitative estimate of drug-likeness (QED) is 0.169. The molecule has 2 amide bonds. The third-order valence-electron chi connectivity index (χ3n) is 8.02. The maximum Gasteiger partial charge on any atom is 0.266 e. The minimum absolute atomic E-state index is 0.0911. The van der Waals surface area contributed by atoms with E-state index in [1.807, 2.05) is 0 Å². The summed E-state index contributed by atoms with van der Waals surface area (Å²) in [6.45, 7) is 3.54. The normalized spacial score (nSPS) is 16.1. The van der Waals surface area contributed by atoms with Gasteiger partial charge >= 0.3 is 0 Å². The van der Waals surface area contributed by atoms with E-state index in [9.17, 15) is 19.2 Å². The Hall–Kier alpha value is -4.34. The van der Waals surface area contributed by atoms with Gasteiger partial charge in [-0.3, -0.25) is 19.2 Å². The number of rotatable bonds is 12. The SMILES string of the molecule is CCC(NC(=O)C(CC1CCCCC1)C(=O)NC(CC)C(=O)c1nc2ccccc2o1)C(=O)c1nc2ccccc2o1. The fourth-order valence-corrected chi connectivity index (χ4v) is 5.59. The summed E-state index contributed by atoms with van der Waals surface area (Å²) in [5.41, 5.74) is 2.05. The smallest absolute Gasteiger partial charge is 0.266 e. The highest BCUT2D eigenvalue weighted by molar-refractivity contribution is 6.06. The van der Waals surface area contributed by atoms with E-state index in [1.165, 1.54) is 0 Å². The minimum Gasteiger partial charge on any atom is -0.434 e. The van der Waals surface area contributed by atoms with Crippen LogP contribution in [-0.4, -0.2) is 45.4 Å². The highest BCUT2D eigenvalue weighted by Gasteiger charge is 2.36. The fraction of sp³-hybridized carbons (Fsp3) is 0.438. The van der Waals surface area contributed by atoms with Gasteiger partial charge in [-0.15, -0.1) is 0 Å². The summed E-state index contributed by atoms with van der Waals surface area (Å²) in [5.74, 6) is -3.10. The number of para-hydroxylation sites is 4. The van der Waals surface area contributed by atoms with Gasteiger partial charge in [-0.05, 0) is 49.4 Å². The van der Waals surface area contributed by atoms with Crippen LogP contribution in [0.4, 0.5) is 0 Å². The van der Waals surface area contributed by atoms with Crippen molar-refractivity contribution in [3.8, 4) is 0 Å². The molecule has 10 nitrogen and oxygen atoms in total. The summed E-state index contributed by atoms with van der Waals surface area (Å²) in [6, 6.07) is 12.2. The molecule has 4 aromatic rings. The summed E-state index contributed by atoms with van der Waals surface area (Å²) in [5, 5.41) is 5.57. The molecule has 10 heteroatoms. The van der Waals surface area contributed by atoms with Crippen LogP contribution in [0.5, 0.6) is 0 Å². The maximum absolute atomic E-state index is 13.7. The Morgan fingerprint density at radius 2 is 1.19 bits per heavy atom. The molecule has 2 atom stereocenters. The van der Waals surface area contributed by atoms with Gasteiger partial charge in [0.25, 0.3) is 11.8 Å². The topological polar surface area (TPSA) is 144 Å². The Morgan fingerprint density at radius 1 is 0.738 bits per heavy atom. The molecule has 220 valence electrons. The molecule has 2 heterocycles. The predicted molar refractivity (Wildman–Crippen MR) is 156 cm³/mol. The van der Waals surface area contributed by atoms with Crippen molar-refractivity contribution < 1.29 is 28.0 Å². The van der Waals surface area contributed by atoms with E-state index in [4.69, 9.17) is 8.83 Å². The van der Waals surface area contributed by atoms with Crippen LogP contribution in [0, 0.1) is 11.8 Å². The fourth-order valence-electron chi connectivity index (χ4n) is 5.59. The van der Waals surface area contributed by atoms with E-state index < -0.39 is 41.4 Å². The van der Waals surface area contributed by atoms with Gasteiger partial charge < -0.3 is 19.5 Å². The molecule has 0 bridgehead atoms. The van der Waals surface area contributed by atoms with Crippen LogP contribution in [-0.2, 0) is 9.59 Å². The summed E-state index contributed by atoms with van der Waals surface area (Å²) < 4.78 is 11.3. The zero-order chi connectivity index (χ0) is 29.6. The molecular formula is C32H36N4O6. The molecule has 2 N–H and O–H groups in total. The van der Waals surface area contributed by atoms with Crippen LogP contribution in [0.15, 0.2) is 57.4 Å². The van der Waals surface area contributed by atoms with E-state index >= 15 is 0 Å². The second-order valence-electron chi connectivity index (χ2n) is 10.9. The van der Waals surface area contributed by atoms with Gasteiger partial charge in [-0.2, -0.15) is 0 Å². The standard InChI is InChI=1S/C32H36N4O6/c1-3-21(27(37)31-35-23-14-8-10-16-25(23)41-31)33-29(39)20(18-19-12-6-5-7-13-19)30(40)34-22(4-2)28(38)32-36-24-15-9-11-17-26(24)42-32/h8-11,14-17,19-22H,3-7,12-13,18H2,1-2H3,(H,33,39)(H,34,40). The number of nitrogens with one attached hydrogen (secondary N) is 2. The number of hydrogen-bond acceptors (Lipinski definition) is 8. The molecule has 2 aromatic heterocycles. The van der Waals surface area contributed by atoms with Gasteiger partial charge in [0.1, 0.15) is 17.0 Å². The summed E-state index contributed by atoms with van der Waals surface area (Å²) in [4.78, 5) is 62.4. The van der Waals surface area contributed by atoms with Crippen molar-refractivity contribution in [2.75, 3.05) is 0 Å². The van der Waals surface area contributed by atoms with E-state index in [0.29, 0.717) is 28.6 Å². The largest absolute Gasteiger partial charge is 0.434 e. The number of ketones is 2. The van der Waals surface area contributed by atoms with Gasteiger partial charge in [0, 0.05) is 0 Å². The van der Waals surface area contributed by atoms with Gasteiger partial charge in [-0.1, -0.05) is 70.2 Å². The number of oxazole rings is 2. The minimum atomic E-state index is -1.08. The molecule has 5 rings (SSSR count). The number of hydrogen-bond donors (Lipinski definition) is 2. The Kier molecular flexibility index (Phi) is 9.09. The molecule has 1 aliphatic rings. The van der Waals surface area contributed by atoms with Gasteiger partial charge in [0.15, 0.2) is 11.2 Å². The molecule has 1 saturated carbocycles. The Labute approximate surface area is 243 Å². The average Bonchev–Trinajstić information content (AvgIpc) is 3.65. The van der Waals surface area contributed by atoms with Crippen LogP contribution in [0.3, 0.4) is 0 Å². The van der Waals surface area contributed by atoms with Crippen molar-refractivity contribution >= 4 is 45.6 Å². The lowest BCUT2D eigenvalue weighted by Crippen LogP contribution is -2.51. The number of fused-ring (bicyclic) bond motifs is 2. The molecule has 1 fully saturated rings. The second kappa shape index (κ2) is 13.1. The molecular weight excluding hydrogens is 536 g/mol. The first-order chi connectivity index (χ1) is 20.4. The number of carbonyl (C=O) groups excluding carboxylic acids is 4. The lowest BCUT2D eigenvalue weighted by molar-refractivity contribution is -0.136. The lowest BCUT2D eigenvalue weighted by atomic mass is 9.82. The first kappa shape index (κ1) is 29.2. The number of benzene rings is 2.